The zero-order chi connectivity index (χ0) is 16.8. The first-order valence-electron chi connectivity index (χ1n) is 8.91. The first kappa shape index (κ1) is 17.5. The van der Waals surface area contributed by atoms with Crippen LogP contribution >= 0.6 is 11.8 Å². The van der Waals surface area contributed by atoms with Crippen LogP contribution in [0.1, 0.15) is 38.5 Å². The molecule has 130 valence electrons. The zero-order valence-electron chi connectivity index (χ0n) is 14.4. The molecular formula is C19H26N2O2S. The maximum atomic E-state index is 12.9. The lowest BCUT2D eigenvalue weighted by Crippen LogP contribution is -2.24. The number of benzene rings is 1. The standard InChI is InChI=1S/C19H26N2O2S/c1-23-13-7-12-21-18(22)16-10-5-6-11-17(16)20-19(21)24-14-15-8-3-2-4-9-15/h5-6,10-11,15H,2-4,7-9,12-14H2,1H3. The summed E-state index contributed by atoms with van der Waals surface area (Å²) in [5.41, 5.74) is 0.875. The van der Waals surface area contributed by atoms with Crippen molar-refractivity contribution >= 4 is 22.7 Å². The van der Waals surface area contributed by atoms with E-state index in [1.165, 1.54) is 32.1 Å². The Balaban J connectivity index is 1.85. The van der Waals surface area contributed by atoms with E-state index < -0.39 is 0 Å². The highest BCUT2D eigenvalue weighted by Crippen LogP contribution is 2.29. The maximum Gasteiger partial charge on any atom is 0.262 e. The summed E-state index contributed by atoms with van der Waals surface area (Å²) in [6, 6.07) is 7.65. The number of ether oxygens (including phenoxy) is 1. The van der Waals surface area contributed by atoms with Crippen LogP contribution in [0.25, 0.3) is 10.9 Å². The SMILES string of the molecule is COCCCn1c(SCC2CCCCC2)nc2ccccc2c1=O. The van der Waals surface area contributed by atoms with Gasteiger partial charge in [0.1, 0.15) is 0 Å². The van der Waals surface area contributed by atoms with Gasteiger partial charge in [0.15, 0.2) is 5.16 Å². The number of methoxy groups -OCH3 is 1. The van der Waals surface area contributed by atoms with Crippen molar-refractivity contribution in [3.63, 3.8) is 0 Å². The molecule has 0 amide bonds. The lowest BCUT2D eigenvalue weighted by atomic mass is 9.91. The Morgan fingerprint density at radius 3 is 2.83 bits per heavy atom. The van der Waals surface area contributed by atoms with Crippen LogP contribution in [0.4, 0.5) is 0 Å². The third-order valence-corrected chi connectivity index (χ3v) is 5.94. The van der Waals surface area contributed by atoms with Gasteiger partial charge in [-0.15, -0.1) is 0 Å². The summed E-state index contributed by atoms with van der Waals surface area (Å²) in [6.07, 6.45) is 7.52. The Bertz CT molecular complexity index is 723. The lowest BCUT2D eigenvalue weighted by molar-refractivity contribution is 0.189. The Morgan fingerprint density at radius 2 is 2.04 bits per heavy atom. The highest BCUT2D eigenvalue weighted by molar-refractivity contribution is 7.99. The molecule has 1 aromatic carbocycles. The van der Waals surface area contributed by atoms with Crippen molar-refractivity contribution in [1.82, 2.24) is 9.55 Å². The average Bonchev–Trinajstić information content (AvgIpc) is 2.63. The minimum Gasteiger partial charge on any atom is -0.385 e. The van der Waals surface area contributed by atoms with Crippen molar-refractivity contribution in [3.05, 3.63) is 34.6 Å². The van der Waals surface area contributed by atoms with Crippen molar-refractivity contribution in [2.45, 2.75) is 50.2 Å². The molecule has 0 spiro atoms. The number of nitrogens with zero attached hydrogens (tertiary/aromatic N) is 2. The third-order valence-electron chi connectivity index (χ3n) is 4.73. The third kappa shape index (κ3) is 4.19. The van der Waals surface area contributed by atoms with E-state index in [0.29, 0.717) is 18.5 Å². The summed E-state index contributed by atoms with van der Waals surface area (Å²) in [5.74, 6) is 1.83. The molecule has 1 aliphatic rings. The van der Waals surface area contributed by atoms with Gasteiger partial charge in [0.05, 0.1) is 10.9 Å². The number of hydrogen-bond acceptors (Lipinski definition) is 4. The molecule has 0 atom stereocenters. The van der Waals surface area contributed by atoms with E-state index >= 15 is 0 Å². The Labute approximate surface area is 147 Å². The van der Waals surface area contributed by atoms with Crippen LogP contribution in [0.5, 0.6) is 0 Å². The molecule has 4 nitrogen and oxygen atoms in total. The topological polar surface area (TPSA) is 44.1 Å². The van der Waals surface area contributed by atoms with E-state index in [-0.39, 0.29) is 5.56 Å². The summed E-state index contributed by atoms with van der Waals surface area (Å²) in [6.45, 7) is 1.32. The average molecular weight is 346 g/mol. The van der Waals surface area contributed by atoms with Crippen LogP contribution in [0, 0.1) is 5.92 Å². The second-order valence-corrected chi connectivity index (χ2v) is 7.52. The molecule has 2 aromatic rings. The molecule has 1 aliphatic carbocycles. The van der Waals surface area contributed by atoms with Gasteiger partial charge >= 0.3 is 0 Å². The van der Waals surface area contributed by atoms with Crippen molar-refractivity contribution in [2.24, 2.45) is 5.92 Å². The molecule has 24 heavy (non-hydrogen) atoms. The number of thioether (sulfide) groups is 1. The van der Waals surface area contributed by atoms with E-state index in [9.17, 15) is 4.79 Å². The zero-order valence-corrected chi connectivity index (χ0v) is 15.2. The molecular weight excluding hydrogens is 320 g/mol. The van der Waals surface area contributed by atoms with Gasteiger partial charge in [0, 0.05) is 26.0 Å². The van der Waals surface area contributed by atoms with E-state index in [1.807, 2.05) is 28.8 Å². The quantitative estimate of drug-likeness (QED) is 0.430. The molecule has 5 heteroatoms. The molecule has 3 rings (SSSR count). The second kappa shape index (κ2) is 8.67. The highest BCUT2D eigenvalue weighted by atomic mass is 32.2. The summed E-state index contributed by atoms with van der Waals surface area (Å²) in [4.78, 5) is 17.6. The lowest BCUT2D eigenvalue weighted by Gasteiger charge is -2.21. The van der Waals surface area contributed by atoms with Gasteiger partial charge in [-0.3, -0.25) is 9.36 Å². The smallest absolute Gasteiger partial charge is 0.262 e. The molecule has 1 saturated carbocycles. The fraction of sp³-hybridized carbons (Fsp3) is 0.579. The summed E-state index contributed by atoms with van der Waals surface area (Å²) in [5, 5.41) is 1.57. The monoisotopic (exact) mass is 346 g/mol. The molecule has 0 unspecified atom stereocenters. The van der Waals surface area contributed by atoms with Crippen LogP contribution in [-0.2, 0) is 11.3 Å². The second-order valence-electron chi connectivity index (χ2n) is 6.53. The predicted octanol–water partition coefficient (Wildman–Crippen LogP) is 4.11. The predicted molar refractivity (Wildman–Crippen MR) is 99.8 cm³/mol. The van der Waals surface area contributed by atoms with Gasteiger partial charge in [-0.05, 0) is 37.3 Å². The van der Waals surface area contributed by atoms with Crippen molar-refractivity contribution < 1.29 is 4.74 Å². The van der Waals surface area contributed by atoms with Crippen LogP contribution < -0.4 is 5.56 Å². The molecule has 1 heterocycles. The first-order chi connectivity index (χ1) is 11.8. The van der Waals surface area contributed by atoms with Crippen molar-refractivity contribution in [2.75, 3.05) is 19.5 Å². The van der Waals surface area contributed by atoms with Gasteiger partial charge in [-0.2, -0.15) is 0 Å². The van der Waals surface area contributed by atoms with Crippen LogP contribution in [-0.4, -0.2) is 29.0 Å². The first-order valence-corrected chi connectivity index (χ1v) is 9.89. The van der Waals surface area contributed by atoms with Gasteiger partial charge in [0.25, 0.3) is 5.56 Å². The molecule has 0 N–H and O–H groups in total. The van der Waals surface area contributed by atoms with E-state index in [4.69, 9.17) is 9.72 Å². The van der Waals surface area contributed by atoms with Gasteiger partial charge in [-0.1, -0.05) is 43.2 Å². The summed E-state index contributed by atoms with van der Waals surface area (Å²) in [7, 11) is 1.69. The Hall–Kier alpha value is -1.33. The minimum atomic E-state index is 0.0721. The number of fused-ring (bicyclic) bond motifs is 1. The minimum absolute atomic E-state index is 0.0721. The summed E-state index contributed by atoms with van der Waals surface area (Å²) < 4.78 is 6.99. The number of rotatable bonds is 7. The molecule has 0 saturated heterocycles. The molecule has 0 bridgehead atoms. The fourth-order valence-corrected chi connectivity index (χ4v) is 4.58. The van der Waals surface area contributed by atoms with Crippen molar-refractivity contribution in [1.29, 1.82) is 0 Å². The Kier molecular flexibility index (Phi) is 6.32. The fourth-order valence-electron chi connectivity index (χ4n) is 3.37. The molecule has 0 aliphatic heterocycles. The summed E-state index contributed by atoms with van der Waals surface area (Å²) >= 11 is 1.75. The van der Waals surface area contributed by atoms with E-state index in [2.05, 4.69) is 0 Å². The number of hydrogen-bond donors (Lipinski definition) is 0. The molecule has 1 fully saturated rings. The normalized spacial score (nSPS) is 15.9. The molecule has 1 aromatic heterocycles. The van der Waals surface area contributed by atoms with Crippen LogP contribution in [0.2, 0.25) is 0 Å². The van der Waals surface area contributed by atoms with Gasteiger partial charge < -0.3 is 4.74 Å². The number of para-hydroxylation sites is 1. The number of aromatic nitrogens is 2. The van der Waals surface area contributed by atoms with E-state index in [0.717, 1.165) is 28.8 Å². The van der Waals surface area contributed by atoms with E-state index in [1.54, 1.807) is 18.9 Å². The van der Waals surface area contributed by atoms with Crippen LogP contribution in [0.3, 0.4) is 0 Å². The van der Waals surface area contributed by atoms with Gasteiger partial charge in [-0.25, -0.2) is 4.98 Å². The van der Waals surface area contributed by atoms with Crippen LogP contribution in [0.15, 0.2) is 34.2 Å². The van der Waals surface area contributed by atoms with Crippen molar-refractivity contribution in [3.8, 4) is 0 Å². The Morgan fingerprint density at radius 1 is 1.25 bits per heavy atom. The van der Waals surface area contributed by atoms with Gasteiger partial charge in [0.2, 0.25) is 0 Å². The maximum absolute atomic E-state index is 12.9. The molecule has 0 radical (unpaired) electrons. The largest absolute Gasteiger partial charge is 0.385 e. The highest BCUT2D eigenvalue weighted by Gasteiger charge is 2.16.